The molecule has 0 aromatic carbocycles. The zero-order valence-corrected chi connectivity index (χ0v) is 11.8. The summed E-state index contributed by atoms with van der Waals surface area (Å²) in [5, 5.41) is 3.08. The Hall–Kier alpha value is -1.89. The summed E-state index contributed by atoms with van der Waals surface area (Å²) in [4.78, 5) is 37.3. The van der Waals surface area contributed by atoms with Gasteiger partial charge in [0.2, 0.25) is 5.91 Å². The standard InChI is InChI=1S/C13H20N4O3/c1-14-8-10-4-3-6-17(10)12(19)9-16-7-5-11(18)15(2)13(16)20/h5,7,10,14H,3-4,6,8-9H2,1-2H3/t10-/m1/s1. The summed E-state index contributed by atoms with van der Waals surface area (Å²) in [5.74, 6) is -0.0801. The Labute approximate surface area is 116 Å². The zero-order valence-electron chi connectivity index (χ0n) is 11.8. The average Bonchev–Trinajstić information content (AvgIpc) is 2.88. The fraction of sp³-hybridized carbons (Fsp3) is 0.615. The summed E-state index contributed by atoms with van der Waals surface area (Å²) < 4.78 is 2.28. The SMILES string of the molecule is CNC[C@H]1CCCN1C(=O)Cn1ccc(=O)n(C)c1=O. The molecule has 0 saturated carbocycles. The van der Waals surface area contributed by atoms with Crippen LogP contribution in [0.3, 0.4) is 0 Å². The number of hydrogen-bond acceptors (Lipinski definition) is 4. The summed E-state index contributed by atoms with van der Waals surface area (Å²) in [6, 6.07) is 1.49. The maximum absolute atomic E-state index is 12.3. The number of carbonyl (C=O) groups excluding carboxylic acids is 1. The molecule has 1 aromatic heterocycles. The average molecular weight is 280 g/mol. The smallest absolute Gasteiger partial charge is 0.331 e. The van der Waals surface area contributed by atoms with E-state index in [1.807, 2.05) is 11.9 Å². The first-order chi connectivity index (χ1) is 9.54. The number of nitrogens with one attached hydrogen (secondary N) is 1. The van der Waals surface area contributed by atoms with Crippen LogP contribution < -0.4 is 16.6 Å². The van der Waals surface area contributed by atoms with Crippen molar-refractivity contribution in [1.29, 1.82) is 0 Å². The minimum Gasteiger partial charge on any atom is -0.337 e. The van der Waals surface area contributed by atoms with Gasteiger partial charge in [-0.15, -0.1) is 0 Å². The molecule has 110 valence electrons. The second-order valence-electron chi connectivity index (χ2n) is 5.06. The van der Waals surface area contributed by atoms with Gasteiger partial charge >= 0.3 is 5.69 Å². The van der Waals surface area contributed by atoms with Gasteiger partial charge in [0, 0.05) is 38.4 Å². The van der Waals surface area contributed by atoms with Crippen LogP contribution in [0.1, 0.15) is 12.8 Å². The third kappa shape index (κ3) is 2.82. The second-order valence-corrected chi connectivity index (χ2v) is 5.06. The van der Waals surface area contributed by atoms with Crippen LogP contribution in [-0.4, -0.2) is 46.1 Å². The third-order valence-electron chi connectivity index (χ3n) is 3.70. The molecule has 0 aliphatic carbocycles. The first-order valence-corrected chi connectivity index (χ1v) is 6.75. The summed E-state index contributed by atoms with van der Waals surface area (Å²) in [5.41, 5.74) is -0.830. The Bertz CT molecular complexity index is 604. The molecule has 0 unspecified atom stereocenters. The first kappa shape index (κ1) is 14.5. The van der Waals surface area contributed by atoms with E-state index in [0.717, 1.165) is 30.5 Å². The topological polar surface area (TPSA) is 76.3 Å². The van der Waals surface area contributed by atoms with Crippen molar-refractivity contribution in [3.05, 3.63) is 33.1 Å². The maximum Gasteiger partial charge on any atom is 0.331 e. The number of aromatic nitrogens is 2. The molecule has 20 heavy (non-hydrogen) atoms. The molecule has 1 atom stereocenters. The largest absolute Gasteiger partial charge is 0.337 e. The van der Waals surface area contributed by atoms with Crippen LogP contribution in [0, 0.1) is 0 Å². The van der Waals surface area contributed by atoms with E-state index < -0.39 is 5.69 Å². The van der Waals surface area contributed by atoms with Gasteiger partial charge in [0.1, 0.15) is 6.54 Å². The molecular formula is C13H20N4O3. The number of rotatable bonds is 4. The molecule has 1 amide bonds. The van der Waals surface area contributed by atoms with Crippen molar-refractivity contribution in [1.82, 2.24) is 19.4 Å². The highest BCUT2D eigenvalue weighted by atomic mass is 16.2. The first-order valence-electron chi connectivity index (χ1n) is 6.75. The molecule has 2 heterocycles. The van der Waals surface area contributed by atoms with Crippen molar-refractivity contribution < 1.29 is 4.79 Å². The van der Waals surface area contributed by atoms with Crippen molar-refractivity contribution in [2.45, 2.75) is 25.4 Å². The zero-order chi connectivity index (χ0) is 14.7. The third-order valence-corrected chi connectivity index (χ3v) is 3.70. The van der Waals surface area contributed by atoms with Crippen LogP contribution in [0.2, 0.25) is 0 Å². The van der Waals surface area contributed by atoms with Crippen molar-refractivity contribution in [2.24, 2.45) is 7.05 Å². The summed E-state index contributed by atoms with van der Waals surface area (Å²) >= 11 is 0. The van der Waals surface area contributed by atoms with E-state index in [1.165, 1.54) is 23.9 Å². The Morgan fingerprint density at radius 2 is 2.20 bits per heavy atom. The van der Waals surface area contributed by atoms with Crippen molar-refractivity contribution in [3.63, 3.8) is 0 Å². The lowest BCUT2D eigenvalue weighted by Crippen LogP contribution is -2.45. The molecular weight excluding hydrogens is 260 g/mol. The van der Waals surface area contributed by atoms with Crippen LogP contribution in [0.25, 0.3) is 0 Å². The molecule has 1 fully saturated rings. The second kappa shape index (κ2) is 6.04. The molecule has 1 aromatic rings. The molecule has 0 radical (unpaired) electrons. The lowest BCUT2D eigenvalue weighted by molar-refractivity contribution is -0.132. The predicted molar refractivity (Wildman–Crippen MR) is 74.6 cm³/mol. The summed E-state index contributed by atoms with van der Waals surface area (Å²) in [6.07, 6.45) is 3.35. The van der Waals surface area contributed by atoms with Gasteiger partial charge < -0.3 is 10.2 Å². The number of likely N-dealkylation sites (tertiary alicyclic amines) is 1. The van der Waals surface area contributed by atoms with Gasteiger partial charge in [0.05, 0.1) is 0 Å². The van der Waals surface area contributed by atoms with Crippen molar-refractivity contribution in [2.75, 3.05) is 20.1 Å². The van der Waals surface area contributed by atoms with E-state index in [0.29, 0.717) is 0 Å². The minimum absolute atomic E-state index is 0.0207. The molecule has 7 nitrogen and oxygen atoms in total. The van der Waals surface area contributed by atoms with E-state index in [1.54, 1.807) is 0 Å². The van der Waals surface area contributed by atoms with E-state index in [9.17, 15) is 14.4 Å². The number of carbonyl (C=O) groups is 1. The lowest BCUT2D eigenvalue weighted by atomic mass is 10.2. The van der Waals surface area contributed by atoms with Crippen LogP contribution in [-0.2, 0) is 18.4 Å². The van der Waals surface area contributed by atoms with Crippen LogP contribution >= 0.6 is 0 Å². The van der Waals surface area contributed by atoms with Gasteiger partial charge in [-0.25, -0.2) is 4.79 Å². The summed E-state index contributed by atoms with van der Waals surface area (Å²) in [7, 11) is 3.27. The monoisotopic (exact) mass is 280 g/mol. The van der Waals surface area contributed by atoms with Gasteiger partial charge in [0.25, 0.3) is 5.56 Å². The molecule has 1 aliphatic rings. The van der Waals surface area contributed by atoms with Crippen LogP contribution in [0.4, 0.5) is 0 Å². The maximum atomic E-state index is 12.3. The fourth-order valence-electron chi connectivity index (χ4n) is 2.59. The van der Waals surface area contributed by atoms with Gasteiger partial charge in [0.15, 0.2) is 0 Å². The molecule has 0 bridgehead atoms. The highest BCUT2D eigenvalue weighted by molar-refractivity contribution is 5.76. The molecule has 1 aliphatic heterocycles. The van der Waals surface area contributed by atoms with E-state index in [-0.39, 0.29) is 24.1 Å². The Kier molecular flexibility index (Phi) is 4.39. The Morgan fingerprint density at radius 1 is 1.45 bits per heavy atom. The highest BCUT2D eigenvalue weighted by Crippen LogP contribution is 2.16. The fourth-order valence-corrected chi connectivity index (χ4v) is 2.59. The molecule has 0 spiro atoms. The minimum atomic E-state index is -0.463. The van der Waals surface area contributed by atoms with Crippen molar-refractivity contribution in [3.8, 4) is 0 Å². The van der Waals surface area contributed by atoms with E-state index >= 15 is 0 Å². The quantitative estimate of drug-likeness (QED) is 0.748. The number of likely N-dealkylation sites (N-methyl/N-ethyl adjacent to an activating group) is 1. The molecule has 7 heteroatoms. The van der Waals surface area contributed by atoms with E-state index in [4.69, 9.17) is 0 Å². The normalized spacial score (nSPS) is 18.5. The highest BCUT2D eigenvalue weighted by Gasteiger charge is 2.28. The number of amides is 1. The van der Waals surface area contributed by atoms with Crippen LogP contribution in [0.15, 0.2) is 21.9 Å². The van der Waals surface area contributed by atoms with E-state index in [2.05, 4.69) is 5.32 Å². The van der Waals surface area contributed by atoms with Gasteiger partial charge in [-0.1, -0.05) is 0 Å². The molecule has 2 rings (SSSR count). The molecule has 1 saturated heterocycles. The predicted octanol–water partition coefficient (Wildman–Crippen LogP) is -1.24. The van der Waals surface area contributed by atoms with Gasteiger partial charge in [-0.05, 0) is 19.9 Å². The van der Waals surface area contributed by atoms with Crippen LogP contribution in [0.5, 0.6) is 0 Å². The van der Waals surface area contributed by atoms with Crippen molar-refractivity contribution >= 4 is 5.91 Å². The Morgan fingerprint density at radius 3 is 2.90 bits per heavy atom. The number of hydrogen-bond donors (Lipinski definition) is 1. The summed E-state index contributed by atoms with van der Waals surface area (Å²) in [6.45, 7) is 1.47. The van der Waals surface area contributed by atoms with Gasteiger partial charge in [-0.3, -0.25) is 18.7 Å². The van der Waals surface area contributed by atoms with Gasteiger partial charge in [-0.2, -0.15) is 0 Å². The molecule has 1 N–H and O–H groups in total. The Balaban J connectivity index is 2.14. The number of nitrogens with zero attached hydrogens (tertiary/aromatic N) is 3. The lowest BCUT2D eigenvalue weighted by Gasteiger charge is -2.24.